The Bertz CT molecular complexity index is 1390. The average molecular weight is 448 g/mol. The second-order valence-electron chi connectivity index (χ2n) is 7.40. The zero-order chi connectivity index (χ0) is 21.5. The van der Waals surface area contributed by atoms with Gasteiger partial charge in [0.1, 0.15) is 11.9 Å². The van der Waals surface area contributed by atoms with Crippen LogP contribution >= 0.6 is 23.2 Å². The molecule has 0 spiro atoms. The van der Waals surface area contributed by atoms with E-state index in [0.29, 0.717) is 21.5 Å². The Morgan fingerprint density at radius 1 is 0.871 bits per heavy atom. The Balaban J connectivity index is 1.50. The summed E-state index contributed by atoms with van der Waals surface area (Å²) < 4.78 is 13.6. The largest absolute Gasteiger partial charge is 0.384 e. The molecular formula is C26H16Cl2FNO. The van der Waals surface area contributed by atoms with Crippen molar-refractivity contribution in [2.45, 2.75) is 6.10 Å². The fraction of sp³-hybridized carbons (Fsp3) is 0.0385. The van der Waals surface area contributed by atoms with E-state index in [2.05, 4.69) is 4.98 Å². The molecule has 1 aromatic heterocycles. The summed E-state index contributed by atoms with van der Waals surface area (Å²) in [5.74, 6) is -0.460. The van der Waals surface area contributed by atoms with Crippen LogP contribution in [0.1, 0.15) is 39.6 Å². The van der Waals surface area contributed by atoms with Crippen molar-refractivity contribution in [2.24, 2.45) is 0 Å². The summed E-state index contributed by atoms with van der Waals surface area (Å²) >= 11 is 12.3. The maximum atomic E-state index is 13.6. The quantitative estimate of drug-likeness (QED) is 0.346. The fourth-order valence-corrected chi connectivity index (χ4v) is 4.26. The van der Waals surface area contributed by atoms with Crippen LogP contribution < -0.4 is 0 Å². The number of fused-ring (bicyclic) bond motifs is 3. The molecule has 1 heterocycles. The molecule has 1 aliphatic carbocycles. The SMILES string of the molecule is OC1c2cc(C=Cc3ccc4cc(F)c(Cl)cc4n3)ccc2C=Cc2cccc(Cl)c21. The topological polar surface area (TPSA) is 33.1 Å². The van der Waals surface area contributed by atoms with Gasteiger partial charge in [-0.15, -0.1) is 0 Å². The summed E-state index contributed by atoms with van der Waals surface area (Å²) in [7, 11) is 0. The number of hydrogen-bond acceptors (Lipinski definition) is 2. The van der Waals surface area contributed by atoms with Crippen molar-refractivity contribution in [1.82, 2.24) is 4.98 Å². The summed E-state index contributed by atoms with van der Waals surface area (Å²) in [4.78, 5) is 4.54. The van der Waals surface area contributed by atoms with Gasteiger partial charge in [-0.2, -0.15) is 0 Å². The molecule has 5 rings (SSSR count). The molecular weight excluding hydrogens is 432 g/mol. The number of benzene rings is 3. The first kappa shape index (κ1) is 20.0. The minimum atomic E-state index is -0.821. The van der Waals surface area contributed by atoms with Crippen LogP contribution in [0.15, 0.2) is 60.7 Å². The second-order valence-corrected chi connectivity index (χ2v) is 8.21. The Hall–Kier alpha value is -2.98. The molecule has 1 N–H and O–H groups in total. The molecule has 0 saturated heterocycles. The standard InChI is InChI=1S/C26H16Cl2FNO/c27-21-3-1-2-17-8-7-16-6-4-15(12-20(16)26(31)25(17)21)5-10-19-11-9-18-13-23(29)22(28)14-24(18)30-19/h1-14,26,31H. The van der Waals surface area contributed by atoms with Crippen molar-refractivity contribution in [3.05, 3.63) is 110 Å². The Morgan fingerprint density at radius 3 is 2.58 bits per heavy atom. The highest BCUT2D eigenvalue weighted by Gasteiger charge is 2.21. The molecule has 5 heteroatoms. The first-order valence-electron chi connectivity index (χ1n) is 9.72. The lowest BCUT2D eigenvalue weighted by Gasteiger charge is -2.16. The van der Waals surface area contributed by atoms with E-state index < -0.39 is 11.9 Å². The Morgan fingerprint density at radius 2 is 1.71 bits per heavy atom. The first-order valence-corrected chi connectivity index (χ1v) is 10.5. The zero-order valence-corrected chi connectivity index (χ0v) is 17.7. The highest BCUT2D eigenvalue weighted by molar-refractivity contribution is 6.32. The van der Waals surface area contributed by atoms with Crippen LogP contribution in [-0.4, -0.2) is 10.1 Å². The van der Waals surface area contributed by atoms with Crippen LogP contribution in [-0.2, 0) is 0 Å². The summed E-state index contributed by atoms with van der Waals surface area (Å²) in [6.45, 7) is 0. The number of aliphatic hydroxyl groups excluding tert-OH is 1. The van der Waals surface area contributed by atoms with Crippen molar-refractivity contribution in [2.75, 3.05) is 0 Å². The number of hydrogen-bond donors (Lipinski definition) is 1. The molecule has 0 fully saturated rings. The minimum absolute atomic E-state index is 0.0490. The van der Waals surface area contributed by atoms with Crippen LogP contribution in [0.3, 0.4) is 0 Å². The van der Waals surface area contributed by atoms with Gasteiger partial charge in [0.25, 0.3) is 0 Å². The van der Waals surface area contributed by atoms with Crippen LogP contribution in [0.4, 0.5) is 4.39 Å². The molecule has 1 atom stereocenters. The maximum Gasteiger partial charge on any atom is 0.142 e. The molecule has 0 aliphatic heterocycles. The molecule has 152 valence electrons. The number of halogens is 3. The lowest BCUT2D eigenvalue weighted by atomic mass is 9.95. The van der Waals surface area contributed by atoms with E-state index in [1.165, 1.54) is 12.1 Å². The molecule has 0 amide bonds. The zero-order valence-electron chi connectivity index (χ0n) is 16.2. The molecule has 1 unspecified atom stereocenters. The highest BCUT2D eigenvalue weighted by atomic mass is 35.5. The predicted molar refractivity (Wildman–Crippen MR) is 127 cm³/mol. The third-order valence-electron chi connectivity index (χ3n) is 5.41. The highest BCUT2D eigenvalue weighted by Crippen LogP contribution is 2.37. The smallest absolute Gasteiger partial charge is 0.142 e. The molecule has 0 saturated carbocycles. The third-order valence-corrected chi connectivity index (χ3v) is 6.03. The summed E-state index contributed by atoms with van der Waals surface area (Å²) in [6, 6.07) is 18.1. The molecule has 31 heavy (non-hydrogen) atoms. The lowest BCUT2D eigenvalue weighted by molar-refractivity contribution is 0.220. The monoisotopic (exact) mass is 447 g/mol. The normalized spacial score (nSPS) is 15.2. The lowest BCUT2D eigenvalue weighted by Crippen LogP contribution is -2.03. The van der Waals surface area contributed by atoms with Crippen LogP contribution in [0, 0.1) is 5.82 Å². The van der Waals surface area contributed by atoms with Gasteiger partial charge in [0, 0.05) is 16.0 Å². The second kappa shape index (κ2) is 7.93. The fourth-order valence-electron chi connectivity index (χ4n) is 3.82. The first-order chi connectivity index (χ1) is 15.0. The molecule has 1 aliphatic rings. The molecule has 0 bridgehead atoms. The predicted octanol–water partition coefficient (Wildman–Crippen LogP) is 7.42. The van der Waals surface area contributed by atoms with Gasteiger partial charge in [0.05, 0.1) is 16.2 Å². The van der Waals surface area contributed by atoms with Crippen molar-refractivity contribution in [1.29, 1.82) is 0 Å². The molecule has 0 radical (unpaired) electrons. The molecule has 2 nitrogen and oxygen atoms in total. The third kappa shape index (κ3) is 3.77. The van der Waals surface area contributed by atoms with E-state index in [1.54, 1.807) is 6.07 Å². The number of aromatic nitrogens is 1. The molecule has 4 aromatic rings. The van der Waals surface area contributed by atoms with Crippen molar-refractivity contribution in [3.63, 3.8) is 0 Å². The summed E-state index contributed by atoms with van der Waals surface area (Å²) in [6.07, 6.45) is 6.94. The molecule has 3 aromatic carbocycles. The van der Waals surface area contributed by atoms with Gasteiger partial charge >= 0.3 is 0 Å². The van der Waals surface area contributed by atoms with Crippen LogP contribution in [0.2, 0.25) is 10.0 Å². The van der Waals surface area contributed by atoms with Gasteiger partial charge in [-0.3, -0.25) is 0 Å². The summed E-state index contributed by atoms with van der Waals surface area (Å²) in [5, 5.41) is 12.3. The number of pyridine rings is 1. The van der Waals surface area contributed by atoms with Gasteiger partial charge in [-0.05, 0) is 58.7 Å². The number of nitrogens with zero attached hydrogens (tertiary/aromatic N) is 1. The van der Waals surface area contributed by atoms with E-state index in [-0.39, 0.29) is 5.02 Å². The van der Waals surface area contributed by atoms with Crippen LogP contribution in [0.5, 0.6) is 0 Å². The Kier molecular flexibility index (Phi) is 5.11. The van der Waals surface area contributed by atoms with E-state index in [1.807, 2.05) is 66.8 Å². The van der Waals surface area contributed by atoms with Gasteiger partial charge in [0.2, 0.25) is 0 Å². The number of aliphatic hydroxyl groups is 1. The minimum Gasteiger partial charge on any atom is -0.384 e. The van der Waals surface area contributed by atoms with E-state index in [0.717, 1.165) is 27.9 Å². The average Bonchev–Trinajstić information content (AvgIpc) is 2.90. The van der Waals surface area contributed by atoms with Crippen molar-refractivity contribution >= 4 is 58.4 Å². The van der Waals surface area contributed by atoms with Crippen molar-refractivity contribution in [3.8, 4) is 0 Å². The van der Waals surface area contributed by atoms with Crippen molar-refractivity contribution < 1.29 is 9.50 Å². The summed E-state index contributed by atoms with van der Waals surface area (Å²) in [5.41, 5.74) is 5.61. The van der Waals surface area contributed by atoms with E-state index in [9.17, 15) is 9.50 Å². The van der Waals surface area contributed by atoms with E-state index >= 15 is 0 Å². The van der Waals surface area contributed by atoms with Gasteiger partial charge in [-0.1, -0.05) is 71.8 Å². The Labute approximate surface area is 188 Å². The van der Waals surface area contributed by atoms with E-state index in [4.69, 9.17) is 23.2 Å². The van der Waals surface area contributed by atoms with Gasteiger partial charge < -0.3 is 5.11 Å². The van der Waals surface area contributed by atoms with Gasteiger partial charge in [0.15, 0.2) is 0 Å². The maximum absolute atomic E-state index is 13.6. The van der Waals surface area contributed by atoms with Gasteiger partial charge in [-0.25, -0.2) is 9.37 Å². The van der Waals surface area contributed by atoms with Crippen LogP contribution in [0.25, 0.3) is 35.2 Å². The number of rotatable bonds is 2.